The van der Waals surface area contributed by atoms with E-state index >= 15 is 0 Å². The quantitative estimate of drug-likeness (QED) is 0.423. The summed E-state index contributed by atoms with van der Waals surface area (Å²) in [6.07, 6.45) is 2.63. The molecule has 0 bridgehead atoms. The van der Waals surface area contributed by atoms with Gasteiger partial charge in [0.05, 0.1) is 0 Å². The molecule has 5 heteroatoms. The van der Waals surface area contributed by atoms with Gasteiger partial charge >= 0.3 is 5.97 Å². The maximum atomic E-state index is 10.3. The zero-order valence-corrected chi connectivity index (χ0v) is 10.0. The third-order valence-corrected chi connectivity index (χ3v) is 1.41. The summed E-state index contributed by atoms with van der Waals surface area (Å²) < 4.78 is 4.41. The van der Waals surface area contributed by atoms with Crippen LogP contribution in [-0.4, -0.2) is 17.3 Å². The maximum absolute atomic E-state index is 10.3. The van der Waals surface area contributed by atoms with Gasteiger partial charge in [0, 0.05) is 12.8 Å². The molecule has 0 saturated heterocycles. The van der Waals surface area contributed by atoms with Crippen LogP contribution < -0.4 is 0 Å². The number of carbonyl (C=O) groups excluding carboxylic acids is 2. The van der Waals surface area contributed by atoms with Gasteiger partial charge in [-0.1, -0.05) is 25.4 Å². The van der Waals surface area contributed by atoms with Crippen molar-refractivity contribution in [2.75, 3.05) is 6.07 Å². The molecule has 0 aliphatic carbocycles. The fraction of sp³-hybridized carbons (Fsp3) is 0.778. The van der Waals surface area contributed by atoms with Crippen LogP contribution in [0.2, 0.25) is 0 Å². The van der Waals surface area contributed by atoms with Gasteiger partial charge in [0.2, 0.25) is 5.24 Å². The monoisotopic (exact) mass is 242 g/mol. The van der Waals surface area contributed by atoms with Crippen molar-refractivity contribution < 1.29 is 14.3 Å². The molecule has 0 aliphatic rings. The molecule has 0 atom stereocenters. The highest BCUT2D eigenvalue weighted by Crippen LogP contribution is 1.91. The van der Waals surface area contributed by atoms with Crippen molar-refractivity contribution in [1.29, 1.82) is 0 Å². The predicted octanol–water partition coefficient (Wildman–Crippen LogP) is 3.08. The van der Waals surface area contributed by atoms with E-state index in [1.54, 1.807) is 0 Å². The Morgan fingerprint density at radius 2 is 1.64 bits per heavy atom. The Kier molecular flexibility index (Phi) is 14.7. The van der Waals surface area contributed by atoms with E-state index in [4.69, 9.17) is 23.2 Å². The van der Waals surface area contributed by atoms with E-state index in [1.165, 1.54) is 0 Å². The van der Waals surface area contributed by atoms with Crippen molar-refractivity contribution in [3.05, 3.63) is 0 Å². The first-order chi connectivity index (χ1) is 6.58. The van der Waals surface area contributed by atoms with E-state index in [2.05, 4.69) is 4.74 Å². The topological polar surface area (TPSA) is 43.4 Å². The van der Waals surface area contributed by atoms with E-state index in [1.807, 2.05) is 13.8 Å². The van der Waals surface area contributed by atoms with Gasteiger partial charge in [-0.05, 0) is 24.4 Å². The maximum Gasteiger partial charge on any atom is 0.306 e. The Morgan fingerprint density at radius 1 is 1.14 bits per heavy atom. The van der Waals surface area contributed by atoms with Crippen molar-refractivity contribution in [3.63, 3.8) is 0 Å². The van der Waals surface area contributed by atoms with E-state index in [0.717, 1.165) is 12.8 Å². The molecular formula is C9H16Cl2O3. The van der Waals surface area contributed by atoms with Crippen LogP contribution in [0.4, 0.5) is 0 Å². The largest absolute Gasteiger partial charge is 0.449 e. The molecule has 0 fully saturated rings. The van der Waals surface area contributed by atoms with Crippen molar-refractivity contribution in [2.24, 2.45) is 0 Å². The number of rotatable bonds is 5. The minimum absolute atomic E-state index is 0.0289. The molecule has 0 aromatic heterocycles. The summed E-state index contributed by atoms with van der Waals surface area (Å²) in [5.74, 6) is -0.220. The molecule has 3 nitrogen and oxygen atoms in total. The molecule has 0 amide bonds. The molecular weight excluding hydrogens is 227 g/mol. The lowest BCUT2D eigenvalue weighted by Gasteiger charge is -1.94. The van der Waals surface area contributed by atoms with Crippen LogP contribution in [0.1, 0.15) is 39.5 Å². The van der Waals surface area contributed by atoms with E-state index in [-0.39, 0.29) is 17.3 Å². The highest BCUT2D eigenvalue weighted by atomic mass is 35.5. The SMILES string of the molecule is CCCC(=O)Cl.CCCC(=O)OCCl. The zero-order chi connectivity index (χ0) is 11.4. The highest BCUT2D eigenvalue weighted by Gasteiger charge is 1.96. The second-order valence-electron chi connectivity index (χ2n) is 2.48. The lowest BCUT2D eigenvalue weighted by molar-refractivity contribution is -0.141. The molecule has 0 radical (unpaired) electrons. The van der Waals surface area contributed by atoms with Crippen molar-refractivity contribution >= 4 is 34.4 Å². The molecule has 14 heavy (non-hydrogen) atoms. The molecule has 84 valence electrons. The van der Waals surface area contributed by atoms with Crippen LogP contribution in [-0.2, 0) is 14.3 Å². The first-order valence-electron chi connectivity index (χ1n) is 4.48. The summed E-state index contributed by atoms with van der Waals surface area (Å²) in [7, 11) is 0. The van der Waals surface area contributed by atoms with Crippen LogP contribution >= 0.6 is 23.2 Å². The lowest BCUT2D eigenvalue weighted by Crippen LogP contribution is -2.00. The number of halogens is 2. The summed E-state index contributed by atoms with van der Waals surface area (Å²) in [5.41, 5.74) is 0. The van der Waals surface area contributed by atoms with Crippen molar-refractivity contribution in [2.45, 2.75) is 39.5 Å². The first-order valence-corrected chi connectivity index (χ1v) is 5.39. The number of carbonyl (C=O) groups is 2. The fourth-order valence-electron chi connectivity index (χ4n) is 0.534. The second kappa shape index (κ2) is 12.7. The molecule has 0 spiro atoms. The third-order valence-electron chi connectivity index (χ3n) is 1.12. The molecule has 0 rings (SSSR count). The normalized spacial score (nSPS) is 8.57. The van der Waals surface area contributed by atoms with Gasteiger partial charge in [0.1, 0.15) is 0 Å². The molecule has 0 N–H and O–H groups in total. The number of alkyl halides is 1. The van der Waals surface area contributed by atoms with Gasteiger partial charge in [0.25, 0.3) is 0 Å². The third kappa shape index (κ3) is 17.7. The Morgan fingerprint density at radius 3 is 1.86 bits per heavy atom. The van der Waals surface area contributed by atoms with Crippen LogP contribution in [0.25, 0.3) is 0 Å². The molecule has 0 heterocycles. The number of esters is 1. The summed E-state index contributed by atoms with van der Waals surface area (Å²) >= 11 is 10.0. The molecule has 0 aromatic carbocycles. The minimum atomic E-state index is -0.238. The summed E-state index contributed by atoms with van der Waals surface area (Å²) in [5, 5.41) is -0.238. The zero-order valence-electron chi connectivity index (χ0n) is 8.52. The Bertz CT molecular complexity index is 152. The van der Waals surface area contributed by atoms with Gasteiger partial charge in [0.15, 0.2) is 6.07 Å². The molecule has 0 aromatic rings. The Hall–Kier alpha value is -0.280. The van der Waals surface area contributed by atoms with E-state index in [9.17, 15) is 9.59 Å². The highest BCUT2D eigenvalue weighted by molar-refractivity contribution is 6.63. The fourth-order valence-corrected chi connectivity index (χ4v) is 0.844. The van der Waals surface area contributed by atoms with Crippen molar-refractivity contribution in [1.82, 2.24) is 0 Å². The number of ether oxygens (including phenoxy) is 1. The van der Waals surface area contributed by atoms with Crippen LogP contribution in [0, 0.1) is 0 Å². The average Bonchev–Trinajstić information content (AvgIpc) is 2.05. The summed E-state index contributed by atoms with van der Waals surface area (Å²) in [6.45, 7) is 3.83. The Balaban J connectivity index is 0. The lowest BCUT2D eigenvalue weighted by atomic mass is 10.3. The number of hydrogen-bond donors (Lipinski definition) is 0. The van der Waals surface area contributed by atoms with Crippen LogP contribution in [0.15, 0.2) is 0 Å². The van der Waals surface area contributed by atoms with Gasteiger partial charge < -0.3 is 4.74 Å². The molecule has 0 aliphatic heterocycles. The van der Waals surface area contributed by atoms with Crippen LogP contribution in [0.3, 0.4) is 0 Å². The number of hydrogen-bond acceptors (Lipinski definition) is 3. The summed E-state index contributed by atoms with van der Waals surface area (Å²) in [4.78, 5) is 20.1. The second-order valence-corrected chi connectivity index (χ2v) is 3.12. The molecule has 0 saturated carbocycles. The standard InChI is InChI=1S/C5H9ClO2.C4H7ClO/c1-2-3-5(7)8-4-6;1-2-3-4(5)6/h2-4H2,1H3;2-3H2,1H3. The van der Waals surface area contributed by atoms with Gasteiger partial charge in [-0.15, -0.1) is 0 Å². The smallest absolute Gasteiger partial charge is 0.306 e. The average molecular weight is 243 g/mol. The van der Waals surface area contributed by atoms with Gasteiger partial charge in [-0.25, -0.2) is 0 Å². The Labute approximate surface area is 94.7 Å². The summed E-state index contributed by atoms with van der Waals surface area (Å²) in [6, 6.07) is -0.0289. The van der Waals surface area contributed by atoms with Gasteiger partial charge in [-0.2, -0.15) is 0 Å². The van der Waals surface area contributed by atoms with Gasteiger partial charge in [-0.3, -0.25) is 9.59 Å². The van der Waals surface area contributed by atoms with E-state index < -0.39 is 0 Å². The van der Waals surface area contributed by atoms with E-state index in [0.29, 0.717) is 12.8 Å². The van der Waals surface area contributed by atoms with Crippen molar-refractivity contribution in [3.8, 4) is 0 Å². The first kappa shape index (κ1) is 16.2. The minimum Gasteiger partial charge on any atom is -0.449 e. The predicted molar refractivity (Wildman–Crippen MR) is 57.5 cm³/mol. The molecule has 0 unspecified atom stereocenters. The van der Waals surface area contributed by atoms with Crippen LogP contribution in [0.5, 0.6) is 0 Å².